The van der Waals surface area contributed by atoms with E-state index in [0.717, 1.165) is 11.5 Å². The third-order valence-corrected chi connectivity index (χ3v) is 6.54. The van der Waals surface area contributed by atoms with Gasteiger partial charge < -0.3 is 15.4 Å². The van der Waals surface area contributed by atoms with Crippen molar-refractivity contribution in [3.8, 4) is 23.8 Å². The summed E-state index contributed by atoms with van der Waals surface area (Å²) in [5.74, 6) is 0.926. The Balaban J connectivity index is 1.73. The number of hydrogen-bond donors (Lipinski definition) is 2. The molecule has 0 unspecified atom stereocenters. The summed E-state index contributed by atoms with van der Waals surface area (Å²) in [5.41, 5.74) is 1.06. The lowest BCUT2D eigenvalue weighted by Crippen LogP contribution is -2.31. The molecule has 0 atom stereocenters. The summed E-state index contributed by atoms with van der Waals surface area (Å²) >= 11 is 8.06. The summed E-state index contributed by atoms with van der Waals surface area (Å²) in [6, 6.07) is 11.5. The van der Waals surface area contributed by atoms with Crippen LogP contribution in [-0.2, 0) is 0 Å². The molecule has 1 saturated heterocycles. The molecule has 1 fully saturated rings. The Kier molecular flexibility index (Phi) is 7.20. The first-order chi connectivity index (χ1) is 16.9. The number of nitriles is 2. The monoisotopic (exact) mass is 507 g/mol. The number of hydrogen-bond acceptors (Lipinski definition) is 8. The van der Waals surface area contributed by atoms with Crippen LogP contribution in [0.25, 0.3) is 5.82 Å². The van der Waals surface area contributed by atoms with Crippen LogP contribution in [0.2, 0.25) is 5.02 Å². The molecule has 2 aromatic heterocycles. The van der Waals surface area contributed by atoms with Gasteiger partial charge in [0.25, 0.3) is 11.8 Å². The van der Waals surface area contributed by atoms with Crippen molar-refractivity contribution >= 4 is 40.9 Å². The number of ether oxygens (including phenoxy) is 1. The molecule has 1 aromatic carbocycles. The van der Waals surface area contributed by atoms with Gasteiger partial charge in [0.2, 0.25) is 5.88 Å². The zero-order chi connectivity index (χ0) is 24.9. The third kappa shape index (κ3) is 5.22. The van der Waals surface area contributed by atoms with Crippen LogP contribution in [0.4, 0.5) is 5.69 Å². The number of benzene rings is 1. The Morgan fingerprint density at radius 2 is 2.09 bits per heavy atom. The van der Waals surface area contributed by atoms with Crippen LogP contribution in [0.15, 0.2) is 36.5 Å². The molecule has 2 N–H and O–H groups in total. The standard InChI is InChI=1S/C23H18ClN7O3S/c1-13-7-14(10-26)8-16(22(32)28-6-4-25)20(13)29-23(33)18-9-19(34-15-11-35-12-15)30-31(18)21-17(24)3-2-5-27-21/h2-3,5,7-9,15H,6,11-12H2,1H3,(H,28,32)(H,29,33). The molecular weight excluding hydrogens is 490 g/mol. The number of anilines is 1. The van der Waals surface area contributed by atoms with Crippen molar-refractivity contribution in [2.24, 2.45) is 0 Å². The largest absolute Gasteiger partial charge is 0.472 e. The van der Waals surface area contributed by atoms with Gasteiger partial charge in [0.15, 0.2) is 5.82 Å². The van der Waals surface area contributed by atoms with E-state index in [1.807, 2.05) is 12.1 Å². The zero-order valence-corrected chi connectivity index (χ0v) is 20.0. The summed E-state index contributed by atoms with van der Waals surface area (Å²) in [6.07, 6.45) is 1.52. The smallest absolute Gasteiger partial charge is 0.274 e. The minimum Gasteiger partial charge on any atom is -0.472 e. The van der Waals surface area contributed by atoms with Crippen molar-refractivity contribution in [1.82, 2.24) is 20.1 Å². The van der Waals surface area contributed by atoms with Crippen LogP contribution >= 0.6 is 23.4 Å². The molecule has 2 amide bonds. The summed E-state index contributed by atoms with van der Waals surface area (Å²) in [7, 11) is 0. The Morgan fingerprint density at radius 3 is 2.74 bits per heavy atom. The average molecular weight is 508 g/mol. The number of thioether (sulfide) groups is 1. The Bertz CT molecular complexity index is 1390. The van der Waals surface area contributed by atoms with Crippen molar-refractivity contribution in [3.05, 3.63) is 63.9 Å². The highest BCUT2D eigenvalue weighted by Crippen LogP contribution is 2.28. The number of halogens is 1. The van der Waals surface area contributed by atoms with E-state index in [1.165, 1.54) is 23.0 Å². The topological polar surface area (TPSA) is 146 Å². The lowest BCUT2D eigenvalue weighted by Gasteiger charge is -2.24. The molecule has 176 valence electrons. The molecule has 0 aliphatic carbocycles. The van der Waals surface area contributed by atoms with Crippen LogP contribution in [0.1, 0.15) is 32.0 Å². The van der Waals surface area contributed by atoms with Gasteiger partial charge in [-0.3, -0.25) is 9.59 Å². The fourth-order valence-electron chi connectivity index (χ4n) is 3.32. The second kappa shape index (κ2) is 10.5. The number of rotatable bonds is 7. The van der Waals surface area contributed by atoms with Gasteiger partial charge in [0.1, 0.15) is 18.3 Å². The molecule has 35 heavy (non-hydrogen) atoms. The van der Waals surface area contributed by atoms with Crippen LogP contribution in [0.5, 0.6) is 5.88 Å². The fourth-order valence-corrected chi connectivity index (χ4v) is 4.08. The van der Waals surface area contributed by atoms with Gasteiger partial charge >= 0.3 is 0 Å². The fraction of sp³-hybridized carbons (Fsp3) is 0.217. The molecule has 0 saturated carbocycles. The highest BCUT2D eigenvalue weighted by atomic mass is 35.5. The molecule has 3 aromatic rings. The Morgan fingerprint density at radius 1 is 1.29 bits per heavy atom. The third-order valence-electron chi connectivity index (χ3n) is 5.03. The molecule has 1 aliphatic rings. The van der Waals surface area contributed by atoms with Crippen molar-refractivity contribution in [2.75, 3.05) is 23.4 Å². The number of aryl methyl sites for hydroxylation is 1. The predicted octanol–water partition coefficient (Wildman–Crippen LogP) is 3.10. The number of carbonyl (C=O) groups excluding carboxylic acids is 2. The predicted molar refractivity (Wildman–Crippen MR) is 130 cm³/mol. The maximum Gasteiger partial charge on any atom is 0.274 e. The highest BCUT2D eigenvalue weighted by molar-refractivity contribution is 8.00. The van der Waals surface area contributed by atoms with Crippen molar-refractivity contribution in [1.29, 1.82) is 10.5 Å². The second-order valence-corrected chi connectivity index (χ2v) is 8.97. The van der Waals surface area contributed by atoms with Gasteiger partial charge in [-0.15, -0.1) is 5.10 Å². The Hall–Kier alpha value is -4.06. The van der Waals surface area contributed by atoms with Gasteiger partial charge in [-0.2, -0.15) is 22.3 Å². The van der Waals surface area contributed by atoms with Crippen molar-refractivity contribution in [2.45, 2.75) is 13.0 Å². The van der Waals surface area contributed by atoms with Gasteiger partial charge in [-0.25, -0.2) is 9.67 Å². The first kappa shape index (κ1) is 24.1. The van der Waals surface area contributed by atoms with E-state index in [9.17, 15) is 14.9 Å². The highest BCUT2D eigenvalue weighted by Gasteiger charge is 2.26. The van der Waals surface area contributed by atoms with E-state index >= 15 is 0 Å². The molecule has 0 radical (unpaired) electrons. The first-order valence-electron chi connectivity index (χ1n) is 10.4. The molecule has 10 nitrogen and oxygen atoms in total. The first-order valence-corrected chi connectivity index (χ1v) is 11.9. The van der Waals surface area contributed by atoms with Gasteiger partial charge in [0.05, 0.1) is 34.0 Å². The number of nitrogens with zero attached hydrogens (tertiary/aromatic N) is 5. The second-order valence-electron chi connectivity index (χ2n) is 7.49. The number of nitrogens with one attached hydrogen (secondary N) is 2. The number of amides is 2. The summed E-state index contributed by atoms with van der Waals surface area (Å²) in [5, 5.41) is 28.0. The van der Waals surface area contributed by atoms with E-state index in [-0.39, 0.29) is 51.9 Å². The molecule has 0 spiro atoms. The summed E-state index contributed by atoms with van der Waals surface area (Å²) in [4.78, 5) is 30.4. The van der Waals surface area contributed by atoms with E-state index < -0.39 is 11.8 Å². The summed E-state index contributed by atoms with van der Waals surface area (Å²) in [6.45, 7) is 1.43. The molecule has 12 heteroatoms. The SMILES string of the molecule is Cc1cc(C#N)cc(C(=O)NCC#N)c1NC(=O)c1cc(OC2CSC2)nn1-c1ncccc1Cl. The minimum atomic E-state index is -0.602. The quantitative estimate of drug-likeness (QED) is 0.464. The van der Waals surface area contributed by atoms with E-state index in [0.29, 0.717) is 5.56 Å². The number of aromatic nitrogens is 3. The van der Waals surface area contributed by atoms with Gasteiger partial charge in [-0.05, 0) is 36.8 Å². The maximum atomic E-state index is 13.4. The van der Waals surface area contributed by atoms with Crippen molar-refractivity contribution < 1.29 is 14.3 Å². The minimum absolute atomic E-state index is 0.00494. The van der Waals surface area contributed by atoms with E-state index in [4.69, 9.17) is 21.6 Å². The van der Waals surface area contributed by atoms with Crippen molar-refractivity contribution in [3.63, 3.8) is 0 Å². The molecular formula is C23H18ClN7O3S. The molecule has 3 heterocycles. The maximum absolute atomic E-state index is 13.4. The lowest BCUT2D eigenvalue weighted by molar-refractivity contribution is 0.0959. The summed E-state index contributed by atoms with van der Waals surface area (Å²) < 4.78 is 7.14. The van der Waals surface area contributed by atoms with Gasteiger partial charge in [-0.1, -0.05) is 11.6 Å². The van der Waals surface area contributed by atoms with E-state index in [1.54, 1.807) is 36.9 Å². The molecule has 4 rings (SSSR count). The van der Waals surface area contributed by atoms with Crippen LogP contribution in [0.3, 0.4) is 0 Å². The zero-order valence-electron chi connectivity index (χ0n) is 18.4. The van der Waals surface area contributed by atoms with Crippen LogP contribution in [0, 0.1) is 29.6 Å². The van der Waals surface area contributed by atoms with Crippen LogP contribution in [-0.4, -0.2) is 50.7 Å². The molecule has 0 bridgehead atoms. The number of carbonyl (C=O) groups is 2. The molecule has 1 aliphatic heterocycles. The average Bonchev–Trinajstić information content (AvgIpc) is 3.25. The number of pyridine rings is 1. The van der Waals surface area contributed by atoms with Gasteiger partial charge in [0, 0.05) is 23.8 Å². The normalized spacial score (nSPS) is 12.7. The van der Waals surface area contributed by atoms with Crippen LogP contribution < -0.4 is 15.4 Å². The lowest BCUT2D eigenvalue weighted by atomic mass is 10.0. The van der Waals surface area contributed by atoms with E-state index in [2.05, 4.69) is 20.7 Å². The Labute approximate surface area is 209 Å².